The largest absolute Gasteiger partial charge is 0.481 e. The molecular weight excluding hydrogens is 178 g/mol. The molecule has 3 heteroatoms. The topological polar surface area (TPSA) is 42.4 Å². The summed E-state index contributed by atoms with van der Waals surface area (Å²) in [5.41, 5.74) is 1.64. The molecule has 1 atom stereocenters. The fraction of sp³-hybridized carbons (Fsp3) is 0.364. The summed E-state index contributed by atoms with van der Waals surface area (Å²) in [5, 5.41) is 9.82. The first-order valence-corrected chi connectivity index (χ1v) is 4.46. The van der Waals surface area contributed by atoms with Crippen molar-refractivity contribution in [3.63, 3.8) is 0 Å². The third kappa shape index (κ3) is 2.57. The Labute approximate surface area is 84.1 Å². The van der Waals surface area contributed by atoms with Gasteiger partial charge in [-0.2, -0.15) is 0 Å². The molecule has 1 aromatic heterocycles. The Kier molecular flexibility index (Phi) is 3.65. The molecule has 1 unspecified atom stereocenters. The van der Waals surface area contributed by atoms with E-state index < -0.39 is 6.10 Å². The zero-order valence-corrected chi connectivity index (χ0v) is 8.53. The van der Waals surface area contributed by atoms with Crippen LogP contribution in [0.25, 0.3) is 0 Å². The van der Waals surface area contributed by atoms with Crippen molar-refractivity contribution >= 4 is 0 Å². The van der Waals surface area contributed by atoms with Crippen molar-refractivity contribution < 1.29 is 9.84 Å². The lowest BCUT2D eigenvalue weighted by molar-refractivity contribution is 0.173. The standard InChI is InChI=1S/C11H15NO2/c1-8(2)7-10(13)9-5-4-6-12-11(9)14-3/h4-6,10,13H,1,7H2,2-3H3. The van der Waals surface area contributed by atoms with Gasteiger partial charge in [-0.15, -0.1) is 6.58 Å². The highest BCUT2D eigenvalue weighted by atomic mass is 16.5. The molecule has 1 heterocycles. The quantitative estimate of drug-likeness (QED) is 0.744. The number of pyridine rings is 1. The normalized spacial score (nSPS) is 12.2. The summed E-state index contributed by atoms with van der Waals surface area (Å²) < 4.78 is 5.05. The number of rotatable bonds is 4. The van der Waals surface area contributed by atoms with Gasteiger partial charge < -0.3 is 9.84 Å². The lowest BCUT2D eigenvalue weighted by Gasteiger charge is -2.13. The molecular formula is C11H15NO2. The number of hydrogen-bond acceptors (Lipinski definition) is 3. The van der Waals surface area contributed by atoms with Crippen LogP contribution in [0.5, 0.6) is 5.88 Å². The van der Waals surface area contributed by atoms with Crippen molar-refractivity contribution in [1.29, 1.82) is 0 Å². The van der Waals surface area contributed by atoms with Gasteiger partial charge in [0.1, 0.15) is 0 Å². The van der Waals surface area contributed by atoms with Gasteiger partial charge in [0.05, 0.1) is 13.2 Å². The van der Waals surface area contributed by atoms with E-state index in [-0.39, 0.29) is 0 Å². The van der Waals surface area contributed by atoms with E-state index in [0.29, 0.717) is 17.9 Å². The Morgan fingerprint density at radius 2 is 2.43 bits per heavy atom. The number of aliphatic hydroxyl groups excluding tert-OH is 1. The van der Waals surface area contributed by atoms with Crippen LogP contribution in [-0.2, 0) is 0 Å². The van der Waals surface area contributed by atoms with Crippen LogP contribution in [-0.4, -0.2) is 17.2 Å². The minimum Gasteiger partial charge on any atom is -0.481 e. The van der Waals surface area contributed by atoms with Crippen LogP contribution >= 0.6 is 0 Å². The third-order valence-electron chi connectivity index (χ3n) is 1.89. The van der Waals surface area contributed by atoms with Gasteiger partial charge in [-0.1, -0.05) is 5.57 Å². The van der Waals surface area contributed by atoms with Crippen molar-refractivity contribution in [2.24, 2.45) is 0 Å². The molecule has 0 radical (unpaired) electrons. The van der Waals surface area contributed by atoms with Crippen molar-refractivity contribution in [2.45, 2.75) is 19.4 Å². The molecule has 3 nitrogen and oxygen atoms in total. The summed E-state index contributed by atoms with van der Waals surface area (Å²) in [4.78, 5) is 4.01. The predicted octanol–water partition coefficient (Wildman–Crippen LogP) is 2.09. The number of aromatic nitrogens is 1. The maximum atomic E-state index is 9.82. The number of aliphatic hydroxyl groups is 1. The van der Waals surface area contributed by atoms with Crippen LogP contribution in [0, 0.1) is 0 Å². The van der Waals surface area contributed by atoms with E-state index in [9.17, 15) is 5.11 Å². The maximum Gasteiger partial charge on any atom is 0.218 e. The average molecular weight is 193 g/mol. The molecule has 0 amide bonds. The Morgan fingerprint density at radius 1 is 1.71 bits per heavy atom. The number of nitrogens with zero attached hydrogens (tertiary/aromatic N) is 1. The molecule has 0 aliphatic heterocycles. The molecule has 1 aromatic rings. The van der Waals surface area contributed by atoms with Gasteiger partial charge in [0.15, 0.2) is 0 Å². The van der Waals surface area contributed by atoms with E-state index in [1.807, 2.05) is 6.92 Å². The average Bonchev–Trinajstić information content (AvgIpc) is 2.16. The molecule has 0 aliphatic carbocycles. The highest BCUT2D eigenvalue weighted by Gasteiger charge is 2.13. The smallest absolute Gasteiger partial charge is 0.218 e. The zero-order chi connectivity index (χ0) is 10.6. The van der Waals surface area contributed by atoms with E-state index in [1.165, 1.54) is 0 Å². The minimum atomic E-state index is -0.587. The van der Waals surface area contributed by atoms with Crippen LogP contribution in [0.2, 0.25) is 0 Å². The fourth-order valence-corrected chi connectivity index (χ4v) is 1.27. The second kappa shape index (κ2) is 4.77. The van der Waals surface area contributed by atoms with Crippen LogP contribution in [0.1, 0.15) is 25.0 Å². The lowest BCUT2D eigenvalue weighted by Crippen LogP contribution is -2.02. The fourth-order valence-electron chi connectivity index (χ4n) is 1.27. The highest BCUT2D eigenvalue weighted by Crippen LogP contribution is 2.26. The second-order valence-electron chi connectivity index (χ2n) is 3.28. The molecule has 0 bridgehead atoms. The monoisotopic (exact) mass is 193 g/mol. The maximum absolute atomic E-state index is 9.82. The van der Waals surface area contributed by atoms with Gasteiger partial charge in [-0.25, -0.2) is 4.98 Å². The van der Waals surface area contributed by atoms with Gasteiger partial charge in [0.25, 0.3) is 0 Å². The Hall–Kier alpha value is -1.35. The number of ether oxygens (including phenoxy) is 1. The van der Waals surface area contributed by atoms with Gasteiger partial charge in [-0.3, -0.25) is 0 Å². The van der Waals surface area contributed by atoms with Gasteiger partial charge in [0.2, 0.25) is 5.88 Å². The number of hydrogen-bond donors (Lipinski definition) is 1. The van der Waals surface area contributed by atoms with Crippen molar-refractivity contribution in [3.8, 4) is 5.88 Å². The summed E-state index contributed by atoms with van der Waals surface area (Å²) in [6.45, 7) is 5.64. The Balaban J connectivity index is 2.87. The van der Waals surface area contributed by atoms with E-state index in [1.54, 1.807) is 25.4 Å². The molecule has 14 heavy (non-hydrogen) atoms. The van der Waals surface area contributed by atoms with E-state index in [0.717, 1.165) is 5.57 Å². The molecule has 0 saturated heterocycles. The summed E-state index contributed by atoms with van der Waals surface area (Å²) >= 11 is 0. The molecule has 0 fully saturated rings. The van der Waals surface area contributed by atoms with Crippen molar-refractivity contribution in [3.05, 3.63) is 36.0 Å². The van der Waals surface area contributed by atoms with Gasteiger partial charge in [-0.05, 0) is 25.5 Å². The molecule has 0 aliphatic rings. The summed E-state index contributed by atoms with van der Waals surface area (Å²) in [6.07, 6.45) is 1.58. The van der Waals surface area contributed by atoms with Crippen LogP contribution in [0.3, 0.4) is 0 Å². The van der Waals surface area contributed by atoms with Crippen LogP contribution in [0.15, 0.2) is 30.5 Å². The molecule has 1 N–H and O–H groups in total. The SMILES string of the molecule is C=C(C)CC(O)c1cccnc1OC. The van der Waals surface area contributed by atoms with Gasteiger partial charge in [0, 0.05) is 11.8 Å². The minimum absolute atomic E-state index is 0.473. The predicted molar refractivity (Wildman–Crippen MR) is 55.2 cm³/mol. The third-order valence-corrected chi connectivity index (χ3v) is 1.89. The number of methoxy groups -OCH3 is 1. The van der Waals surface area contributed by atoms with E-state index in [2.05, 4.69) is 11.6 Å². The summed E-state index contributed by atoms with van der Waals surface area (Å²) in [6, 6.07) is 3.58. The van der Waals surface area contributed by atoms with Crippen LogP contribution in [0.4, 0.5) is 0 Å². The lowest BCUT2D eigenvalue weighted by atomic mass is 10.0. The Morgan fingerprint density at radius 3 is 3.00 bits per heavy atom. The Bertz CT molecular complexity index is 323. The van der Waals surface area contributed by atoms with Crippen molar-refractivity contribution in [1.82, 2.24) is 4.98 Å². The summed E-state index contributed by atoms with van der Waals surface area (Å²) in [7, 11) is 1.54. The molecule has 0 aromatic carbocycles. The van der Waals surface area contributed by atoms with Crippen LogP contribution < -0.4 is 4.74 Å². The first-order chi connectivity index (χ1) is 6.65. The van der Waals surface area contributed by atoms with Gasteiger partial charge >= 0.3 is 0 Å². The first-order valence-electron chi connectivity index (χ1n) is 4.46. The van der Waals surface area contributed by atoms with E-state index >= 15 is 0 Å². The molecule has 1 rings (SSSR count). The second-order valence-corrected chi connectivity index (χ2v) is 3.28. The molecule has 76 valence electrons. The molecule has 0 saturated carbocycles. The molecule has 0 spiro atoms. The summed E-state index contributed by atoms with van der Waals surface area (Å²) in [5.74, 6) is 0.473. The highest BCUT2D eigenvalue weighted by molar-refractivity contribution is 5.28. The first kappa shape index (κ1) is 10.7. The van der Waals surface area contributed by atoms with Crippen molar-refractivity contribution in [2.75, 3.05) is 7.11 Å². The van der Waals surface area contributed by atoms with E-state index in [4.69, 9.17) is 4.74 Å². The zero-order valence-electron chi connectivity index (χ0n) is 8.53.